The van der Waals surface area contributed by atoms with Crippen molar-refractivity contribution in [1.29, 1.82) is 0 Å². The number of carbonyl (C=O) groups is 2. The molecule has 2 aromatic rings. The molecule has 0 radical (unpaired) electrons. The second-order valence-electron chi connectivity index (χ2n) is 5.76. The highest BCUT2D eigenvalue weighted by molar-refractivity contribution is 7.92. The molecule has 3 rings (SSSR count). The molecular formula is C17H14N2O8S. The Morgan fingerprint density at radius 3 is 2.64 bits per heavy atom. The van der Waals surface area contributed by atoms with Crippen molar-refractivity contribution in [2.45, 2.75) is 17.4 Å². The lowest BCUT2D eigenvalue weighted by Gasteiger charge is -2.13. The Bertz CT molecular complexity index is 1050. The number of rotatable bonds is 6. The van der Waals surface area contributed by atoms with E-state index in [0.29, 0.717) is 0 Å². The lowest BCUT2D eigenvalue weighted by molar-refractivity contribution is -0.385. The number of hydrogen-bond donors (Lipinski definition) is 1. The number of carbonyl (C=O) groups excluding carboxylic acids is 2. The Balaban J connectivity index is 1.86. The third-order valence-corrected chi connectivity index (χ3v) is 5.23. The minimum Gasteiger partial charge on any atom is -0.463 e. The first-order valence-corrected chi connectivity index (χ1v) is 9.50. The van der Waals surface area contributed by atoms with E-state index in [1.54, 1.807) is 0 Å². The molecule has 0 aliphatic carbocycles. The van der Waals surface area contributed by atoms with E-state index in [1.165, 1.54) is 36.4 Å². The highest BCUT2D eigenvalue weighted by Gasteiger charge is 2.31. The largest absolute Gasteiger partial charge is 0.463 e. The third kappa shape index (κ3) is 4.09. The summed E-state index contributed by atoms with van der Waals surface area (Å²) in [6.45, 7) is 0.137. The second-order valence-corrected chi connectivity index (χ2v) is 7.44. The number of benzene rings is 2. The van der Waals surface area contributed by atoms with Gasteiger partial charge in [-0.2, -0.15) is 0 Å². The van der Waals surface area contributed by atoms with Crippen molar-refractivity contribution >= 4 is 33.3 Å². The van der Waals surface area contributed by atoms with Gasteiger partial charge in [0.05, 0.1) is 27.7 Å². The van der Waals surface area contributed by atoms with Gasteiger partial charge in [0.2, 0.25) is 6.10 Å². The fourth-order valence-corrected chi connectivity index (χ4v) is 3.61. The number of para-hydroxylation sites is 1. The van der Waals surface area contributed by atoms with Crippen LogP contribution in [0.2, 0.25) is 0 Å². The number of nitrogens with one attached hydrogen (secondary N) is 1. The molecule has 0 bridgehead atoms. The van der Waals surface area contributed by atoms with E-state index in [9.17, 15) is 28.1 Å². The Hall–Kier alpha value is -3.47. The van der Waals surface area contributed by atoms with Crippen LogP contribution in [0.15, 0.2) is 53.4 Å². The highest BCUT2D eigenvalue weighted by Crippen LogP contribution is 2.24. The first-order chi connectivity index (χ1) is 13.3. The van der Waals surface area contributed by atoms with E-state index >= 15 is 0 Å². The zero-order chi connectivity index (χ0) is 20.3. The molecule has 1 atom stereocenters. The third-order valence-electron chi connectivity index (χ3n) is 3.87. The van der Waals surface area contributed by atoms with Crippen LogP contribution in [0.5, 0.6) is 0 Å². The smallest absolute Gasteiger partial charge is 0.347 e. The number of cyclic esters (lactones) is 1. The Morgan fingerprint density at radius 2 is 1.96 bits per heavy atom. The second kappa shape index (κ2) is 7.64. The normalized spacial score (nSPS) is 16.3. The van der Waals surface area contributed by atoms with E-state index in [2.05, 4.69) is 4.72 Å². The monoisotopic (exact) mass is 406 g/mol. The molecule has 2 aromatic carbocycles. The summed E-state index contributed by atoms with van der Waals surface area (Å²) in [4.78, 5) is 33.6. The molecule has 1 N–H and O–H groups in total. The van der Waals surface area contributed by atoms with Gasteiger partial charge in [0, 0.05) is 18.6 Å². The molecule has 0 spiro atoms. The molecule has 0 aromatic heterocycles. The molecule has 146 valence electrons. The first-order valence-electron chi connectivity index (χ1n) is 8.02. The predicted octanol–water partition coefficient (Wildman–Crippen LogP) is 1.87. The molecule has 0 saturated carbocycles. The van der Waals surface area contributed by atoms with Crippen molar-refractivity contribution in [2.75, 3.05) is 11.3 Å². The summed E-state index contributed by atoms with van der Waals surface area (Å²) in [7, 11) is -4.22. The summed E-state index contributed by atoms with van der Waals surface area (Å²) < 4.78 is 37.2. The number of anilines is 1. The molecule has 1 fully saturated rings. The Kier molecular flexibility index (Phi) is 5.27. The van der Waals surface area contributed by atoms with Crippen molar-refractivity contribution in [3.05, 3.63) is 64.2 Å². The van der Waals surface area contributed by atoms with Crippen LogP contribution in [0.3, 0.4) is 0 Å². The van der Waals surface area contributed by atoms with E-state index in [4.69, 9.17) is 9.47 Å². The Morgan fingerprint density at radius 1 is 1.21 bits per heavy atom. The van der Waals surface area contributed by atoms with Gasteiger partial charge in [-0.05, 0) is 18.2 Å². The van der Waals surface area contributed by atoms with Crippen LogP contribution < -0.4 is 4.72 Å². The van der Waals surface area contributed by atoms with Crippen molar-refractivity contribution < 1.29 is 32.4 Å². The average molecular weight is 406 g/mol. The Labute approximate surface area is 159 Å². The van der Waals surface area contributed by atoms with Gasteiger partial charge in [-0.1, -0.05) is 18.2 Å². The molecule has 1 aliphatic rings. The summed E-state index contributed by atoms with van der Waals surface area (Å²) in [6, 6.07) is 10.1. The maximum Gasteiger partial charge on any atom is 0.347 e. The molecular weight excluding hydrogens is 392 g/mol. The van der Waals surface area contributed by atoms with Crippen LogP contribution in [0.1, 0.15) is 16.8 Å². The van der Waals surface area contributed by atoms with Crippen LogP contribution in [0.25, 0.3) is 0 Å². The first kappa shape index (κ1) is 19.3. The highest BCUT2D eigenvalue weighted by atomic mass is 32.2. The van der Waals surface area contributed by atoms with Crippen LogP contribution in [0, 0.1) is 10.1 Å². The minimum atomic E-state index is -4.22. The number of sulfonamides is 1. The van der Waals surface area contributed by atoms with Gasteiger partial charge < -0.3 is 9.47 Å². The number of nitrogens with zero attached hydrogens (tertiary/aromatic N) is 1. The zero-order valence-electron chi connectivity index (χ0n) is 14.2. The van der Waals surface area contributed by atoms with E-state index < -0.39 is 38.7 Å². The SMILES string of the molecule is O=C(OC1CCOC1=O)c1ccccc1NS(=O)(=O)c1cccc([N+](=O)[O-])c1. The quantitative estimate of drug-likeness (QED) is 0.435. The predicted molar refractivity (Wildman–Crippen MR) is 95.1 cm³/mol. The number of non-ortho nitro benzene ring substituents is 1. The summed E-state index contributed by atoms with van der Waals surface area (Å²) in [5.74, 6) is -1.57. The van der Waals surface area contributed by atoms with Gasteiger partial charge in [-0.15, -0.1) is 0 Å². The van der Waals surface area contributed by atoms with Gasteiger partial charge in [0.1, 0.15) is 0 Å². The fourth-order valence-electron chi connectivity index (χ4n) is 2.50. The van der Waals surface area contributed by atoms with E-state index in [-0.39, 0.29) is 29.2 Å². The van der Waals surface area contributed by atoms with Crippen LogP contribution in [0.4, 0.5) is 11.4 Å². The summed E-state index contributed by atoms with van der Waals surface area (Å²) in [5, 5.41) is 10.9. The van der Waals surface area contributed by atoms with Gasteiger partial charge >= 0.3 is 11.9 Å². The molecule has 1 aliphatic heterocycles. The minimum absolute atomic E-state index is 0.0922. The van der Waals surface area contributed by atoms with Crippen LogP contribution in [-0.2, 0) is 24.3 Å². The maximum atomic E-state index is 12.6. The molecule has 11 heteroatoms. The van der Waals surface area contributed by atoms with Gasteiger partial charge in [0.25, 0.3) is 15.7 Å². The number of hydrogen-bond acceptors (Lipinski definition) is 8. The van der Waals surface area contributed by atoms with Crippen molar-refractivity contribution in [1.82, 2.24) is 0 Å². The summed E-state index contributed by atoms with van der Waals surface area (Å²) in [5.41, 5.74) is -0.600. The van der Waals surface area contributed by atoms with Crippen molar-refractivity contribution in [2.24, 2.45) is 0 Å². The number of nitro groups is 1. The molecule has 1 unspecified atom stereocenters. The van der Waals surface area contributed by atoms with Gasteiger partial charge in [-0.3, -0.25) is 14.8 Å². The summed E-state index contributed by atoms with van der Waals surface area (Å²) in [6.07, 6.45) is -0.833. The topological polar surface area (TPSA) is 142 Å². The summed E-state index contributed by atoms with van der Waals surface area (Å²) >= 11 is 0. The fraction of sp³-hybridized carbons (Fsp3) is 0.176. The maximum absolute atomic E-state index is 12.6. The molecule has 28 heavy (non-hydrogen) atoms. The number of nitro benzene ring substituents is 1. The molecule has 0 amide bonds. The zero-order valence-corrected chi connectivity index (χ0v) is 15.0. The van der Waals surface area contributed by atoms with E-state index in [1.807, 2.05) is 0 Å². The van der Waals surface area contributed by atoms with E-state index in [0.717, 1.165) is 12.1 Å². The van der Waals surface area contributed by atoms with Crippen LogP contribution in [-0.4, -0.2) is 38.0 Å². The van der Waals surface area contributed by atoms with Crippen LogP contribution >= 0.6 is 0 Å². The number of esters is 2. The molecule has 1 saturated heterocycles. The number of ether oxygens (including phenoxy) is 2. The molecule has 10 nitrogen and oxygen atoms in total. The van der Waals surface area contributed by atoms with Gasteiger partial charge in [-0.25, -0.2) is 18.0 Å². The molecule has 1 heterocycles. The van der Waals surface area contributed by atoms with Crippen molar-refractivity contribution in [3.63, 3.8) is 0 Å². The lowest BCUT2D eigenvalue weighted by atomic mass is 10.2. The van der Waals surface area contributed by atoms with Gasteiger partial charge in [0.15, 0.2) is 0 Å². The average Bonchev–Trinajstić information content (AvgIpc) is 3.06. The van der Waals surface area contributed by atoms with Crippen molar-refractivity contribution in [3.8, 4) is 0 Å². The lowest BCUT2D eigenvalue weighted by Crippen LogP contribution is -2.24. The standard InChI is InChI=1S/C17H14N2O8S/c20-16(27-15-8-9-26-17(15)21)13-6-1-2-7-14(13)18-28(24,25)12-5-3-4-11(10-12)19(22)23/h1-7,10,15,18H,8-9H2.